The Morgan fingerprint density at radius 3 is 2.89 bits per heavy atom. The Kier molecular flexibility index (Phi) is 5.41. The number of nitrogens with zero attached hydrogens (tertiary/aromatic N) is 1. The molecule has 1 saturated carbocycles. The quantitative estimate of drug-likeness (QED) is 0.751. The molecule has 1 fully saturated rings. The Labute approximate surface area is 113 Å². The summed E-state index contributed by atoms with van der Waals surface area (Å²) >= 11 is 2.04. The Hall–Kier alpha value is -1.14. The third-order valence-corrected chi connectivity index (χ3v) is 4.57. The summed E-state index contributed by atoms with van der Waals surface area (Å²) < 4.78 is 5.67. The van der Waals surface area contributed by atoms with Crippen LogP contribution < -0.4 is 4.74 Å². The van der Waals surface area contributed by atoms with Crippen LogP contribution in [0.25, 0.3) is 0 Å². The molecule has 0 aromatic heterocycles. The van der Waals surface area contributed by atoms with Crippen molar-refractivity contribution in [3.05, 3.63) is 29.8 Å². The lowest BCUT2D eigenvalue weighted by molar-refractivity contribution is 0.343. The van der Waals surface area contributed by atoms with Gasteiger partial charge in [0.05, 0.1) is 18.2 Å². The Bertz CT molecular complexity index is 407. The number of hydrogen-bond acceptors (Lipinski definition) is 3. The summed E-state index contributed by atoms with van der Waals surface area (Å²) in [4.78, 5) is 0. The molecular formula is C15H19NOS. The summed E-state index contributed by atoms with van der Waals surface area (Å²) in [5.74, 6) is 1.85. The van der Waals surface area contributed by atoms with Gasteiger partial charge in [0, 0.05) is 11.0 Å². The van der Waals surface area contributed by atoms with Gasteiger partial charge in [-0.05, 0) is 31.0 Å². The second kappa shape index (κ2) is 7.33. The maximum Gasteiger partial charge on any atom is 0.120 e. The monoisotopic (exact) mass is 261 g/mol. The molecule has 0 unspecified atom stereocenters. The molecule has 0 amide bonds. The second-order valence-corrected chi connectivity index (χ2v) is 6.03. The van der Waals surface area contributed by atoms with Gasteiger partial charge in [-0.25, -0.2) is 0 Å². The summed E-state index contributed by atoms with van der Waals surface area (Å²) in [5, 5.41) is 9.63. The van der Waals surface area contributed by atoms with Crippen LogP contribution in [0.3, 0.4) is 0 Å². The zero-order valence-corrected chi connectivity index (χ0v) is 11.4. The van der Waals surface area contributed by atoms with E-state index in [0.717, 1.165) is 23.4 Å². The zero-order chi connectivity index (χ0) is 12.6. The van der Waals surface area contributed by atoms with Crippen molar-refractivity contribution in [1.82, 2.24) is 0 Å². The molecular weight excluding hydrogens is 242 g/mol. The van der Waals surface area contributed by atoms with Gasteiger partial charge in [-0.1, -0.05) is 25.3 Å². The van der Waals surface area contributed by atoms with Gasteiger partial charge < -0.3 is 4.74 Å². The first-order chi connectivity index (χ1) is 8.88. The fraction of sp³-hybridized carbons (Fsp3) is 0.533. The SMILES string of the molecule is N#Cc1cccc(OCCSC2CCCCC2)c1. The first-order valence-corrected chi connectivity index (χ1v) is 7.68. The van der Waals surface area contributed by atoms with E-state index < -0.39 is 0 Å². The normalized spacial score (nSPS) is 16.2. The van der Waals surface area contributed by atoms with Crippen LogP contribution in [0.5, 0.6) is 5.75 Å². The predicted molar refractivity (Wildman–Crippen MR) is 76.0 cm³/mol. The Morgan fingerprint density at radius 2 is 2.11 bits per heavy atom. The highest BCUT2D eigenvalue weighted by molar-refractivity contribution is 7.99. The summed E-state index contributed by atoms with van der Waals surface area (Å²) in [5.41, 5.74) is 0.660. The van der Waals surface area contributed by atoms with E-state index in [-0.39, 0.29) is 0 Å². The van der Waals surface area contributed by atoms with E-state index in [0.29, 0.717) is 5.56 Å². The summed E-state index contributed by atoms with van der Waals surface area (Å²) in [7, 11) is 0. The highest BCUT2D eigenvalue weighted by Crippen LogP contribution is 2.28. The third kappa shape index (κ3) is 4.27. The lowest BCUT2D eigenvalue weighted by atomic mass is 10.0. The number of nitriles is 1. The molecule has 1 aromatic carbocycles. The van der Waals surface area contributed by atoms with Crippen LogP contribution in [0, 0.1) is 11.3 Å². The van der Waals surface area contributed by atoms with E-state index in [4.69, 9.17) is 10.00 Å². The molecule has 2 rings (SSSR count). The van der Waals surface area contributed by atoms with Gasteiger partial charge in [0.15, 0.2) is 0 Å². The lowest BCUT2D eigenvalue weighted by Gasteiger charge is -2.20. The van der Waals surface area contributed by atoms with Crippen molar-refractivity contribution in [2.24, 2.45) is 0 Å². The summed E-state index contributed by atoms with van der Waals surface area (Å²) in [6.07, 6.45) is 6.93. The first kappa shape index (κ1) is 13.3. The molecule has 0 atom stereocenters. The summed E-state index contributed by atoms with van der Waals surface area (Å²) in [6, 6.07) is 9.49. The van der Waals surface area contributed by atoms with E-state index in [1.165, 1.54) is 32.1 Å². The van der Waals surface area contributed by atoms with E-state index in [1.807, 2.05) is 23.9 Å². The predicted octanol–water partition coefficient (Wildman–Crippen LogP) is 4.00. The molecule has 0 radical (unpaired) electrons. The molecule has 18 heavy (non-hydrogen) atoms. The molecule has 1 aliphatic rings. The van der Waals surface area contributed by atoms with Crippen LogP contribution >= 0.6 is 11.8 Å². The molecule has 0 spiro atoms. The van der Waals surface area contributed by atoms with E-state index in [1.54, 1.807) is 12.1 Å². The topological polar surface area (TPSA) is 33.0 Å². The van der Waals surface area contributed by atoms with Gasteiger partial charge in [-0.2, -0.15) is 17.0 Å². The molecule has 0 saturated heterocycles. The molecule has 3 heteroatoms. The van der Waals surface area contributed by atoms with Gasteiger partial charge in [0.1, 0.15) is 5.75 Å². The van der Waals surface area contributed by atoms with E-state index in [2.05, 4.69) is 6.07 Å². The fourth-order valence-electron chi connectivity index (χ4n) is 2.26. The van der Waals surface area contributed by atoms with Crippen molar-refractivity contribution in [2.75, 3.05) is 12.4 Å². The van der Waals surface area contributed by atoms with Crippen LogP contribution in [0.4, 0.5) is 0 Å². The van der Waals surface area contributed by atoms with Gasteiger partial charge in [0.25, 0.3) is 0 Å². The number of rotatable bonds is 5. The second-order valence-electron chi connectivity index (χ2n) is 4.62. The minimum absolute atomic E-state index is 0.660. The molecule has 2 nitrogen and oxygen atoms in total. The average molecular weight is 261 g/mol. The lowest BCUT2D eigenvalue weighted by Crippen LogP contribution is -2.11. The van der Waals surface area contributed by atoms with Crippen molar-refractivity contribution in [1.29, 1.82) is 5.26 Å². The first-order valence-electron chi connectivity index (χ1n) is 6.63. The number of ether oxygens (including phenoxy) is 1. The van der Waals surface area contributed by atoms with Crippen molar-refractivity contribution in [3.63, 3.8) is 0 Å². The van der Waals surface area contributed by atoms with E-state index >= 15 is 0 Å². The summed E-state index contributed by atoms with van der Waals surface area (Å²) in [6.45, 7) is 0.732. The van der Waals surface area contributed by atoms with Gasteiger partial charge in [-0.15, -0.1) is 0 Å². The van der Waals surface area contributed by atoms with Crippen molar-refractivity contribution >= 4 is 11.8 Å². The highest BCUT2D eigenvalue weighted by Gasteiger charge is 2.13. The third-order valence-electron chi connectivity index (χ3n) is 3.22. The van der Waals surface area contributed by atoms with Crippen molar-refractivity contribution in [2.45, 2.75) is 37.4 Å². The maximum atomic E-state index is 8.79. The fourth-order valence-corrected chi connectivity index (χ4v) is 3.44. The maximum absolute atomic E-state index is 8.79. The molecule has 96 valence electrons. The minimum atomic E-state index is 0.660. The minimum Gasteiger partial charge on any atom is -0.493 e. The smallest absolute Gasteiger partial charge is 0.120 e. The largest absolute Gasteiger partial charge is 0.493 e. The molecule has 0 heterocycles. The molecule has 0 bridgehead atoms. The molecule has 1 aliphatic carbocycles. The number of hydrogen-bond donors (Lipinski definition) is 0. The molecule has 1 aromatic rings. The standard InChI is InChI=1S/C15H19NOS/c16-12-13-5-4-6-14(11-13)17-9-10-18-15-7-2-1-3-8-15/h4-6,11,15H,1-3,7-10H2. The van der Waals surface area contributed by atoms with E-state index in [9.17, 15) is 0 Å². The highest BCUT2D eigenvalue weighted by atomic mass is 32.2. The Balaban J connectivity index is 1.67. The van der Waals surface area contributed by atoms with Gasteiger partial charge >= 0.3 is 0 Å². The zero-order valence-electron chi connectivity index (χ0n) is 10.6. The van der Waals surface area contributed by atoms with Crippen LogP contribution in [0.1, 0.15) is 37.7 Å². The van der Waals surface area contributed by atoms with Crippen LogP contribution in [-0.2, 0) is 0 Å². The number of benzene rings is 1. The van der Waals surface area contributed by atoms with Crippen LogP contribution in [-0.4, -0.2) is 17.6 Å². The average Bonchev–Trinajstić information content (AvgIpc) is 2.45. The van der Waals surface area contributed by atoms with Crippen LogP contribution in [0.2, 0.25) is 0 Å². The van der Waals surface area contributed by atoms with Crippen molar-refractivity contribution < 1.29 is 4.74 Å². The molecule has 0 N–H and O–H groups in total. The Morgan fingerprint density at radius 1 is 1.28 bits per heavy atom. The molecule has 0 aliphatic heterocycles. The van der Waals surface area contributed by atoms with Crippen molar-refractivity contribution in [3.8, 4) is 11.8 Å². The number of thioether (sulfide) groups is 1. The van der Waals surface area contributed by atoms with Gasteiger partial charge in [-0.3, -0.25) is 0 Å². The van der Waals surface area contributed by atoms with Crippen LogP contribution in [0.15, 0.2) is 24.3 Å². The van der Waals surface area contributed by atoms with Gasteiger partial charge in [0.2, 0.25) is 0 Å².